The normalized spacial score (nSPS) is 25.8. The van der Waals surface area contributed by atoms with Crippen LogP contribution in [0.15, 0.2) is 42.5 Å². The third-order valence-corrected chi connectivity index (χ3v) is 7.02. The van der Waals surface area contributed by atoms with Crippen LogP contribution in [0.3, 0.4) is 0 Å². The minimum atomic E-state index is -0.657. The first-order chi connectivity index (χ1) is 17.5. The second kappa shape index (κ2) is 9.29. The largest absolute Gasteiger partial charge is 0.470 e. The molecule has 9 nitrogen and oxygen atoms in total. The molecule has 3 aliphatic rings. The SMILES string of the molecule is O=C(CO)N1CC=C(c2ccc(-c3nc4cc(O[C@@H]5CO[C@H]6[C@@H]5OC[C@H]6O)[nH]c4cc3F)cc2)CC1. The number of aliphatic hydroxyl groups is 2. The van der Waals surface area contributed by atoms with Gasteiger partial charge in [-0.05, 0) is 17.6 Å². The molecule has 3 aliphatic heterocycles. The summed E-state index contributed by atoms with van der Waals surface area (Å²) in [6, 6.07) is 10.6. The third kappa shape index (κ3) is 4.16. The van der Waals surface area contributed by atoms with E-state index >= 15 is 0 Å². The fraction of sp³-hybridized carbons (Fsp3) is 0.385. The summed E-state index contributed by atoms with van der Waals surface area (Å²) < 4.78 is 32.2. The van der Waals surface area contributed by atoms with Crippen LogP contribution >= 0.6 is 0 Å². The smallest absolute Gasteiger partial charge is 0.248 e. The van der Waals surface area contributed by atoms with Crippen molar-refractivity contribution in [3.8, 4) is 17.1 Å². The van der Waals surface area contributed by atoms with Crippen LogP contribution in [0.25, 0.3) is 27.9 Å². The molecule has 3 aromatic rings. The lowest BCUT2D eigenvalue weighted by Crippen LogP contribution is -2.36. The van der Waals surface area contributed by atoms with Gasteiger partial charge < -0.3 is 34.3 Å². The molecule has 0 radical (unpaired) electrons. The number of rotatable bonds is 5. The summed E-state index contributed by atoms with van der Waals surface area (Å²) in [6.45, 7) is 1.05. The number of amides is 1. The first-order valence-corrected chi connectivity index (χ1v) is 12.0. The van der Waals surface area contributed by atoms with E-state index in [-0.39, 0.29) is 30.4 Å². The quantitative estimate of drug-likeness (QED) is 0.495. The summed E-state index contributed by atoms with van der Waals surface area (Å²) in [6.07, 6.45) is 0.898. The molecule has 6 rings (SSSR count). The number of aliphatic hydroxyl groups excluding tert-OH is 2. The van der Waals surface area contributed by atoms with E-state index in [1.165, 1.54) is 6.07 Å². The highest BCUT2D eigenvalue weighted by Gasteiger charge is 2.48. The molecule has 0 aliphatic carbocycles. The van der Waals surface area contributed by atoms with E-state index in [4.69, 9.17) is 19.3 Å². The average Bonchev–Trinajstić information content (AvgIpc) is 3.60. The van der Waals surface area contributed by atoms with Crippen LogP contribution in [0.1, 0.15) is 12.0 Å². The molecule has 188 valence electrons. The molecular formula is C26H26FN3O6. The minimum absolute atomic E-state index is 0.218. The summed E-state index contributed by atoms with van der Waals surface area (Å²) in [7, 11) is 0. The molecule has 2 saturated heterocycles. The van der Waals surface area contributed by atoms with Crippen LogP contribution in [0.2, 0.25) is 0 Å². The second-order valence-electron chi connectivity index (χ2n) is 9.26. The van der Waals surface area contributed by atoms with Gasteiger partial charge in [-0.2, -0.15) is 0 Å². The lowest BCUT2D eigenvalue weighted by atomic mass is 9.97. The minimum Gasteiger partial charge on any atom is -0.470 e. The Bertz CT molecular complexity index is 1320. The summed E-state index contributed by atoms with van der Waals surface area (Å²) >= 11 is 0. The van der Waals surface area contributed by atoms with E-state index in [0.29, 0.717) is 48.6 Å². The van der Waals surface area contributed by atoms with Crippen LogP contribution < -0.4 is 4.74 Å². The molecule has 0 spiro atoms. The van der Waals surface area contributed by atoms with E-state index < -0.39 is 24.6 Å². The Labute approximate surface area is 206 Å². The van der Waals surface area contributed by atoms with Crippen molar-refractivity contribution in [2.24, 2.45) is 0 Å². The van der Waals surface area contributed by atoms with Crippen LogP contribution in [-0.2, 0) is 14.3 Å². The zero-order chi connectivity index (χ0) is 24.8. The maximum absolute atomic E-state index is 15.0. The van der Waals surface area contributed by atoms with Crippen molar-refractivity contribution in [1.29, 1.82) is 0 Å². The van der Waals surface area contributed by atoms with Gasteiger partial charge in [0.2, 0.25) is 5.91 Å². The molecule has 0 bridgehead atoms. The van der Waals surface area contributed by atoms with E-state index in [1.54, 1.807) is 11.0 Å². The number of carbonyl (C=O) groups is 1. The Kier molecular flexibility index (Phi) is 5.96. The molecular weight excluding hydrogens is 469 g/mol. The number of benzene rings is 1. The topological polar surface area (TPSA) is 117 Å². The number of hydrogen-bond acceptors (Lipinski definition) is 7. The van der Waals surface area contributed by atoms with Crippen molar-refractivity contribution < 1.29 is 33.6 Å². The van der Waals surface area contributed by atoms with Crippen LogP contribution in [-0.4, -0.2) is 88.3 Å². The zero-order valence-corrected chi connectivity index (χ0v) is 19.4. The lowest BCUT2D eigenvalue weighted by Gasteiger charge is -2.26. The summed E-state index contributed by atoms with van der Waals surface area (Å²) in [4.78, 5) is 20.8. The number of halogens is 1. The van der Waals surface area contributed by atoms with Gasteiger partial charge in [0.1, 0.15) is 30.6 Å². The zero-order valence-electron chi connectivity index (χ0n) is 19.4. The van der Waals surface area contributed by atoms with Crippen molar-refractivity contribution in [2.75, 3.05) is 32.9 Å². The van der Waals surface area contributed by atoms with Crippen molar-refractivity contribution in [1.82, 2.24) is 14.9 Å². The molecule has 2 fully saturated rings. The summed E-state index contributed by atoms with van der Waals surface area (Å²) in [5, 5.41) is 18.9. The number of nitrogens with one attached hydrogen (secondary N) is 1. The highest BCUT2D eigenvalue weighted by molar-refractivity contribution is 5.82. The van der Waals surface area contributed by atoms with Gasteiger partial charge in [0.15, 0.2) is 17.8 Å². The Morgan fingerprint density at radius 3 is 2.69 bits per heavy atom. The third-order valence-electron chi connectivity index (χ3n) is 7.02. The highest BCUT2D eigenvalue weighted by atomic mass is 19.1. The van der Waals surface area contributed by atoms with Gasteiger partial charge in [0.05, 0.1) is 24.2 Å². The van der Waals surface area contributed by atoms with Crippen LogP contribution in [0.5, 0.6) is 5.88 Å². The fourth-order valence-corrected chi connectivity index (χ4v) is 5.08. The molecule has 1 amide bonds. The number of fused-ring (bicyclic) bond motifs is 2. The van der Waals surface area contributed by atoms with Gasteiger partial charge >= 0.3 is 0 Å². The Balaban J connectivity index is 1.19. The van der Waals surface area contributed by atoms with Crippen molar-refractivity contribution in [3.05, 3.63) is 53.9 Å². The number of carbonyl (C=O) groups excluding carboxylic acids is 1. The van der Waals surface area contributed by atoms with Gasteiger partial charge in [-0.25, -0.2) is 9.37 Å². The van der Waals surface area contributed by atoms with E-state index in [1.807, 2.05) is 30.3 Å². The number of ether oxygens (including phenoxy) is 3. The average molecular weight is 496 g/mol. The maximum Gasteiger partial charge on any atom is 0.248 e. The number of pyridine rings is 1. The molecule has 0 saturated carbocycles. The predicted molar refractivity (Wildman–Crippen MR) is 128 cm³/mol. The van der Waals surface area contributed by atoms with Gasteiger partial charge in [-0.1, -0.05) is 30.3 Å². The molecule has 36 heavy (non-hydrogen) atoms. The van der Waals surface area contributed by atoms with Gasteiger partial charge in [0.25, 0.3) is 0 Å². The number of aromatic nitrogens is 2. The Hall–Kier alpha value is -3.31. The van der Waals surface area contributed by atoms with E-state index in [9.17, 15) is 14.3 Å². The molecule has 3 N–H and O–H groups in total. The first kappa shape index (κ1) is 23.1. The number of aromatic amines is 1. The lowest BCUT2D eigenvalue weighted by molar-refractivity contribution is -0.133. The highest BCUT2D eigenvalue weighted by Crippen LogP contribution is 2.32. The molecule has 1 aromatic carbocycles. The number of nitrogens with zero attached hydrogens (tertiary/aromatic N) is 2. The van der Waals surface area contributed by atoms with Crippen molar-refractivity contribution in [3.63, 3.8) is 0 Å². The molecule has 10 heteroatoms. The number of H-pyrrole nitrogens is 1. The molecule has 5 heterocycles. The monoisotopic (exact) mass is 495 g/mol. The maximum atomic E-state index is 15.0. The first-order valence-electron chi connectivity index (χ1n) is 12.0. The van der Waals surface area contributed by atoms with E-state index in [2.05, 4.69) is 9.97 Å². The molecule has 0 unspecified atom stereocenters. The van der Waals surface area contributed by atoms with Crippen molar-refractivity contribution in [2.45, 2.75) is 30.8 Å². The summed E-state index contributed by atoms with van der Waals surface area (Å²) in [5.74, 6) is -0.297. The fourth-order valence-electron chi connectivity index (χ4n) is 5.08. The van der Waals surface area contributed by atoms with Gasteiger partial charge in [0, 0.05) is 30.8 Å². The second-order valence-corrected chi connectivity index (χ2v) is 9.26. The molecule has 2 aromatic heterocycles. The van der Waals surface area contributed by atoms with Crippen molar-refractivity contribution >= 4 is 22.5 Å². The summed E-state index contributed by atoms with van der Waals surface area (Å²) in [5.41, 5.74) is 4.08. The predicted octanol–water partition coefficient (Wildman–Crippen LogP) is 1.88. The van der Waals surface area contributed by atoms with Gasteiger partial charge in [-0.15, -0.1) is 0 Å². The van der Waals surface area contributed by atoms with Gasteiger partial charge in [-0.3, -0.25) is 4.79 Å². The van der Waals surface area contributed by atoms with Crippen LogP contribution in [0.4, 0.5) is 4.39 Å². The van der Waals surface area contributed by atoms with E-state index in [0.717, 1.165) is 11.1 Å². The Morgan fingerprint density at radius 1 is 1.17 bits per heavy atom. The van der Waals surface area contributed by atoms with Crippen LogP contribution in [0, 0.1) is 5.82 Å². The number of hydrogen-bond donors (Lipinski definition) is 3. The molecule has 4 atom stereocenters. The standard InChI is InChI=1S/C26H26FN3O6/c27-17-9-18-19(10-22(28-18)36-21-13-35-25-20(32)12-34-26(21)25)29-24(17)16-3-1-14(2-4-16)15-5-7-30(8-6-15)23(33)11-31/h1-5,9-10,20-21,25-26,28,31-32H,6-8,11-13H2/t20-,21-,25-,26-/m1/s1. The Morgan fingerprint density at radius 2 is 1.94 bits per heavy atom.